The molecule has 0 atom stereocenters. The Hall–Kier alpha value is -4.19. The van der Waals surface area contributed by atoms with E-state index in [4.69, 9.17) is 4.98 Å². The second-order valence-electron chi connectivity index (χ2n) is 15.4. The number of aryl methyl sites for hydroxylation is 1. The third kappa shape index (κ3) is 8.63. The minimum atomic E-state index is -1.77. The van der Waals surface area contributed by atoms with Crippen molar-refractivity contribution in [2.45, 2.75) is 50.4 Å². The average Bonchev–Trinajstić information content (AvgIpc) is 3.53. The molecular formula is C48H44GeIrN2S-2. The Labute approximate surface area is 335 Å². The summed E-state index contributed by atoms with van der Waals surface area (Å²) in [5.74, 6) is 7.20. The van der Waals surface area contributed by atoms with Gasteiger partial charge in [-0.25, -0.2) is 0 Å². The Bertz CT molecular complexity index is 2480. The van der Waals surface area contributed by atoms with Crippen molar-refractivity contribution in [2.75, 3.05) is 0 Å². The summed E-state index contributed by atoms with van der Waals surface area (Å²) in [6.45, 7) is 8.91. The molecule has 0 N–H and O–H groups in total. The Morgan fingerprint density at radius 1 is 0.623 bits per heavy atom. The fourth-order valence-electron chi connectivity index (χ4n) is 6.67. The van der Waals surface area contributed by atoms with Crippen LogP contribution >= 0.6 is 11.3 Å². The molecule has 8 aromatic rings. The van der Waals surface area contributed by atoms with Crippen LogP contribution < -0.4 is 4.40 Å². The van der Waals surface area contributed by atoms with Crippen LogP contribution in [0.2, 0.25) is 17.3 Å². The maximum Gasteiger partial charge on any atom is 0 e. The summed E-state index contributed by atoms with van der Waals surface area (Å²) in [4.78, 5) is 9.31. The van der Waals surface area contributed by atoms with Crippen LogP contribution in [0.3, 0.4) is 0 Å². The summed E-state index contributed by atoms with van der Waals surface area (Å²) in [5.41, 5.74) is 11.9. The topological polar surface area (TPSA) is 25.8 Å². The van der Waals surface area contributed by atoms with E-state index in [1.54, 1.807) is 0 Å². The van der Waals surface area contributed by atoms with Crippen molar-refractivity contribution in [3.63, 3.8) is 0 Å². The van der Waals surface area contributed by atoms with Crippen LogP contribution in [-0.2, 0) is 25.5 Å². The van der Waals surface area contributed by atoms with E-state index < -0.39 is 13.3 Å². The predicted octanol–water partition coefficient (Wildman–Crippen LogP) is 12.9. The number of benzene rings is 5. The standard InChI is InChI=1S/C33H26NS.C15H18GeN.Ir/c1-33(2,3)26-18-19-34-30(21-26)28-11-7-10-27-29-20-25(16-17-31(29)35-32(27)28)24-14-12-23(13-15-24)22-8-5-4-6-9-22;1-12-10-15(13-8-6-5-7-9-13)17-11-14(12)16(2,3)4;/h4-10,12-21H,1-3H3;5-8,10-11H,1-4H3;/q2*-1;. The third-order valence-electron chi connectivity index (χ3n) is 9.54. The first-order valence-corrected chi connectivity index (χ1v) is 26.1. The summed E-state index contributed by atoms with van der Waals surface area (Å²) in [6.07, 6.45) is 4.00. The Kier molecular flexibility index (Phi) is 11.7. The molecule has 0 saturated heterocycles. The van der Waals surface area contributed by atoms with Crippen LogP contribution in [0.4, 0.5) is 0 Å². The van der Waals surface area contributed by atoms with Gasteiger partial charge in [-0.05, 0) is 67.2 Å². The number of rotatable bonds is 5. The van der Waals surface area contributed by atoms with Gasteiger partial charge in [-0.2, -0.15) is 11.3 Å². The van der Waals surface area contributed by atoms with Gasteiger partial charge in [0.05, 0.1) is 0 Å². The summed E-state index contributed by atoms with van der Waals surface area (Å²) < 4.78 is 4.03. The second-order valence-corrected chi connectivity index (χ2v) is 27.1. The zero-order valence-electron chi connectivity index (χ0n) is 31.4. The molecule has 0 bridgehead atoms. The van der Waals surface area contributed by atoms with E-state index in [1.807, 2.05) is 41.8 Å². The van der Waals surface area contributed by atoms with Crippen molar-refractivity contribution in [1.82, 2.24) is 9.97 Å². The zero-order chi connectivity index (χ0) is 36.5. The van der Waals surface area contributed by atoms with E-state index in [2.05, 4.69) is 171 Å². The van der Waals surface area contributed by atoms with E-state index >= 15 is 0 Å². The molecule has 2 nitrogen and oxygen atoms in total. The zero-order valence-corrected chi connectivity index (χ0v) is 36.7. The van der Waals surface area contributed by atoms with E-state index in [9.17, 15) is 0 Å². The normalized spacial score (nSPS) is 11.5. The first kappa shape index (κ1) is 38.5. The SMILES string of the molecule is CC(C)(C)c1ccnc(-c2[c-]ccc3c2sc2ccc(-c4ccc(-c5ccccc5)cc4)cc23)c1.Cc1cc(-c2[c-]cccc2)nc[c]1[Ge]([CH3])([CH3])[CH3].[Ir]. The molecule has 8 rings (SSSR count). The fraction of sp³-hybridized carbons (Fsp3) is 0.167. The quantitative estimate of drug-likeness (QED) is 0.127. The van der Waals surface area contributed by atoms with Gasteiger partial charge in [0.1, 0.15) is 0 Å². The number of thiophene rings is 1. The molecule has 0 aliphatic rings. The van der Waals surface area contributed by atoms with Gasteiger partial charge >= 0.3 is 106 Å². The summed E-state index contributed by atoms with van der Waals surface area (Å²) in [5, 5.41) is 2.56. The van der Waals surface area contributed by atoms with Crippen LogP contribution in [-0.4, -0.2) is 23.2 Å². The largest absolute Gasteiger partial charge is 0 e. The van der Waals surface area contributed by atoms with E-state index in [-0.39, 0.29) is 25.5 Å². The first-order chi connectivity index (χ1) is 25.0. The molecule has 0 fully saturated rings. The summed E-state index contributed by atoms with van der Waals surface area (Å²) in [6, 6.07) is 51.7. The van der Waals surface area contributed by atoms with Crippen LogP contribution in [0.15, 0.2) is 140 Å². The van der Waals surface area contributed by atoms with Crippen molar-refractivity contribution in [3.05, 3.63) is 163 Å². The van der Waals surface area contributed by atoms with Crippen molar-refractivity contribution < 1.29 is 20.1 Å². The van der Waals surface area contributed by atoms with Gasteiger partial charge in [0, 0.05) is 31.0 Å². The van der Waals surface area contributed by atoms with E-state index in [1.165, 1.54) is 57.9 Å². The van der Waals surface area contributed by atoms with Crippen molar-refractivity contribution in [3.8, 4) is 44.8 Å². The molecule has 0 unspecified atom stereocenters. The Morgan fingerprint density at radius 2 is 1.30 bits per heavy atom. The molecule has 0 aliphatic heterocycles. The number of hydrogen-bond acceptors (Lipinski definition) is 3. The van der Waals surface area contributed by atoms with Crippen molar-refractivity contribution in [2.24, 2.45) is 0 Å². The summed E-state index contributed by atoms with van der Waals surface area (Å²) >= 11 is 0.0562. The van der Waals surface area contributed by atoms with Crippen LogP contribution in [0.25, 0.3) is 64.9 Å². The van der Waals surface area contributed by atoms with Crippen LogP contribution in [0.1, 0.15) is 31.9 Å². The Morgan fingerprint density at radius 3 is 1.96 bits per heavy atom. The number of fused-ring (bicyclic) bond motifs is 3. The van der Waals surface area contributed by atoms with Gasteiger partial charge in [-0.15, -0.1) is 23.8 Å². The predicted molar refractivity (Wildman–Crippen MR) is 227 cm³/mol. The molecular weight excluding hydrogens is 901 g/mol. The van der Waals surface area contributed by atoms with Gasteiger partial charge in [0.15, 0.2) is 0 Å². The van der Waals surface area contributed by atoms with Gasteiger partial charge in [-0.3, -0.25) is 0 Å². The molecule has 267 valence electrons. The number of pyridine rings is 2. The van der Waals surface area contributed by atoms with E-state index in [0.29, 0.717) is 0 Å². The van der Waals surface area contributed by atoms with Gasteiger partial charge in [-0.1, -0.05) is 92.9 Å². The molecule has 0 aliphatic carbocycles. The van der Waals surface area contributed by atoms with Gasteiger partial charge in [0.25, 0.3) is 0 Å². The van der Waals surface area contributed by atoms with E-state index in [0.717, 1.165) is 22.5 Å². The monoisotopic (exact) mass is 947 g/mol. The molecule has 5 aromatic carbocycles. The smallest absolute Gasteiger partial charge is 0 e. The van der Waals surface area contributed by atoms with Crippen molar-refractivity contribution >= 4 is 49.2 Å². The number of aromatic nitrogens is 2. The number of nitrogens with zero attached hydrogens (tertiary/aromatic N) is 2. The maximum absolute atomic E-state index is 4.72. The molecule has 53 heavy (non-hydrogen) atoms. The minimum Gasteiger partial charge on any atom is 0 e. The van der Waals surface area contributed by atoms with Gasteiger partial charge < -0.3 is 4.98 Å². The molecule has 1 radical (unpaired) electrons. The molecule has 0 saturated carbocycles. The average molecular weight is 946 g/mol. The fourth-order valence-corrected chi connectivity index (χ4v) is 11.4. The first-order valence-electron chi connectivity index (χ1n) is 17.9. The molecule has 0 spiro atoms. The van der Waals surface area contributed by atoms with Crippen molar-refractivity contribution in [1.29, 1.82) is 0 Å². The molecule has 0 amide bonds. The van der Waals surface area contributed by atoms with Crippen LogP contribution in [0.5, 0.6) is 0 Å². The minimum absolute atomic E-state index is 0. The number of hydrogen-bond donors (Lipinski definition) is 0. The molecule has 5 heteroatoms. The third-order valence-corrected chi connectivity index (χ3v) is 15.2. The summed E-state index contributed by atoms with van der Waals surface area (Å²) in [7, 11) is 0. The second kappa shape index (κ2) is 16.0. The maximum atomic E-state index is 4.72. The van der Waals surface area contributed by atoms with Crippen LogP contribution in [0, 0.1) is 19.1 Å². The Balaban J connectivity index is 0.000000226. The molecule has 3 heterocycles. The van der Waals surface area contributed by atoms with Gasteiger partial charge in [0.2, 0.25) is 0 Å². The molecule has 3 aromatic heterocycles.